The van der Waals surface area contributed by atoms with Crippen LogP contribution in [-0.2, 0) is 4.79 Å². The monoisotopic (exact) mass is 468 g/mol. The molecule has 2 N–H and O–H groups in total. The van der Waals surface area contributed by atoms with Gasteiger partial charge in [0.05, 0.1) is 29.1 Å². The maximum Gasteiger partial charge on any atom is 0.259 e. The number of para-hydroxylation sites is 2. The number of aromatic nitrogens is 2. The minimum Gasteiger partial charge on any atom is -0.495 e. The first-order chi connectivity index (χ1) is 14.0. The smallest absolute Gasteiger partial charge is 0.259 e. The van der Waals surface area contributed by atoms with Crippen molar-refractivity contribution in [3.05, 3.63) is 58.1 Å². The van der Waals surface area contributed by atoms with Crippen molar-refractivity contribution < 1.29 is 14.3 Å². The number of rotatable bonds is 7. The second kappa shape index (κ2) is 9.93. The number of carbonyl (C=O) groups excluding carboxylic acids is 2. The van der Waals surface area contributed by atoms with Crippen LogP contribution in [0.15, 0.2) is 46.8 Å². The standard InChI is InChI=1S/C18H14Cl2N4O3S2/c1-27-14-5-3-2-4-13(14)21-15(25)9-28-18-24-23-17(29-18)22-16(26)11-8-10(19)6-7-12(11)20/h2-8H,9H2,1H3,(H,21,25)(H,22,23,26). The van der Waals surface area contributed by atoms with E-state index >= 15 is 0 Å². The van der Waals surface area contributed by atoms with Crippen LogP contribution in [-0.4, -0.2) is 34.9 Å². The lowest BCUT2D eigenvalue weighted by Crippen LogP contribution is -2.14. The number of amides is 2. The van der Waals surface area contributed by atoms with E-state index in [1.807, 2.05) is 6.07 Å². The van der Waals surface area contributed by atoms with Crippen LogP contribution in [0.4, 0.5) is 10.8 Å². The average molecular weight is 469 g/mol. The van der Waals surface area contributed by atoms with Crippen LogP contribution in [0.25, 0.3) is 0 Å². The summed E-state index contributed by atoms with van der Waals surface area (Å²) in [5.74, 6) is 0.0392. The fourth-order valence-corrected chi connectivity index (χ4v) is 4.14. The summed E-state index contributed by atoms with van der Waals surface area (Å²) in [5.41, 5.74) is 0.823. The summed E-state index contributed by atoms with van der Waals surface area (Å²) < 4.78 is 5.74. The quantitative estimate of drug-likeness (QED) is 0.380. The molecule has 0 spiro atoms. The topological polar surface area (TPSA) is 93.2 Å². The molecule has 7 nitrogen and oxygen atoms in total. The van der Waals surface area contributed by atoms with E-state index in [-0.39, 0.29) is 22.2 Å². The van der Waals surface area contributed by atoms with Crippen molar-refractivity contribution in [1.29, 1.82) is 0 Å². The first-order valence-electron chi connectivity index (χ1n) is 8.12. The number of hydrogen-bond donors (Lipinski definition) is 2. The summed E-state index contributed by atoms with van der Waals surface area (Å²) in [5, 5.41) is 14.2. The minimum absolute atomic E-state index is 0.126. The maximum absolute atomic E-state index is 12.3. The number of thioether (sulfide) groups is 1. The number of anilines is 2. The first kappa shape index (κ1) is 21.4. The van der Waals surface area contributed by atoms with E-state index in [0.29, 0.717) is 25.9 Å². The van der Waals surface area contributed by atoms with Gasteiger partial charge in [0.25, 0.3) is 5.91 Å². The molecule has 0 aliphatic heterocycles. The summed E-state index contributed by atoms with van der Waals surface area (Å²) in [7, 11) is 1.54. The Morgan fingerprint density at radius 3 is 2.72 bits per heavy atom. The van der Waals surface area contributed by atoms with E-state index in [2.05, 4.69) is 20.8 Å². The van der Waals surface area contributed by atoms with Crippen molar-refractivity contribution in [1.82, 2.24) is 10.2 Å². The second-order valence-electron chi connectivity index (χ2n) is 5.49. The highest BCUT2D eigenvalue weighted by Crippen LogP contribution is 2.28. The maximum atomic E-state index is 12.3. The average Bonchev–Trinajstić information content (AvgIpc) is 3.16. The molecule has 1 heterocycles. The Hall–Kier alpha value is -2.33. The minimum atomic E-state index is -0.445. The molecule has 0 fully saturated rings. The number of nitrogens with one attached hydrogen (secondary N) is 2. The van der Waals surface area contributed by atoms with Gasteiger partial charge in [-0.2, -0.15) is 0 Å². The van der Waals surface area contributed by atoms with Crippen molar-refractivity contribution in [2.24, 2.45) is 0 Å². The predicted octanol–water partition coefficient (Wildman–Crippen LogP) is 4.84. The van der Waals surface area contributed by atoms with Crippen molar-refractivity contribution in [2.75, 3.05) is 23.5 Å². The van der Waals surface area contributed by atoms with Crippen LogP contribution >= 0.6 is 46.3 Å². The first-order valence-corrected chi connectivity index (χ1v) is 10.7. The summed E-state index contributed by atoms with van der Waals surface area (Å²) in [6, 6.07) is 11.7. The van der Waals surface area contributed by atoms with Gasteiger partial charge >= 0.3 is 0 Å². The molecule has 0 saturated carbocycles. The summed E-state index contributed by atoms with van der Waals surface area (Å²) in [6.07, 6.45) is 0. The van der Waals surface area contributed by atoms with Gasteiger partial charge in [-0.05, 0) is 30.3 Å². The van der Waals surface area contributed by atoms with E-state index in [1.54, 1.807) is 30.3 Å². The molecule has 0 saturated heterocycles. The Bertz CT molecular complexity index is 1050. The van der Waals surface area contributed by atoms with Crippen LogP contribution in [0.2, 0.25) is 10.0 Å². The van der Waals surface area contributed by atoms with Crippen molar-refractivity contribution in [3.63, 3.8) is 0 Å². The van der Waals surface area contributed by atoms with E-state index < -0.39 is 5.91 Å². The lowest BCUT2D eigenvalue weighted by molar-refractivity contribution is -0.113. The SMILES string of the molecule is COc1ccccc1NC(=O)CSc1nnc(NC(=O)c2cc(Cl)ccc2Cl)s1. The Kier molecular flexibility index (Phi) is 7.32. The Labute approximate surface area is 184 Å². The Morgan fingerprint density at radius 2 is 1.93 bits per heavy atom. The van der Waals surface area contributed by atoms with E-state index in [1.165, 1.54) is 24.9 Å². The van der Waals surface area contributed by atoms with Crippen LogP contribution in [0.3, 0.4) is 0 Å². The zero-order chi connectivity index (χ0) is 20.8. The lowest BCUT2D eigenvalue weighted by atomic mass is 10.2. The molecule has 2 aromatic carbocycles. The van der Waals surface area contributed by atoms with Crippen LogP contribution in [0.5, 0.6) is 5.75 Å². The highest BCUT2D eigenvalue weighted by atomic mass is 35.5. The van der Waals surface area contributed by atoms with Gasteiger partial charge in [-0.15, -0.1) is 10.2 Å². The Balaban J connectivity index is 1.55. The fraction of sp³-hybridized carbons (Fsp3) is 0.111. The zero-order valence-corrected chi connectivity index (χ0v) is 18.1. The molecule has 0 aliphatic carbocycles. The molecule has 3 aromatic rings. The number of nitrogens with zero attached hydrogens (tertiary/aromatic N) is 2. The number of ether oxygens (including phenoxy) is 1. The molecule has 0 bridgehead atoms. The van der Waals surface area contributed by atoms with Crippen LogP contribution < -0.4 is 15.4 Å². The zero-order valence-electron chi connectivity index (χ0n) is 14.9. The normalized spacial score (nSPS) is 10.4. The highest BCUT2D eigenvalue weighted by Gasteiger charge is 2.15. The van der Waals surface area contributed by atoms with Gasteiger partial charge in [0.2, 0.25) is 11.0 Å². The molecule has 0 radical (unpaired) electrons. The predicted molar refractivity (Wildman–Crippen MR) is 117 cm³/mol. The van der Waals surface area contributed by atoms with Gasteiger partial charge in [0, 0.05) is 5.02 Å². The Morgan fingerprint density at radius 1 is 1.14 bits per heavy atom. The summed E-state index contributed by atoms with van der Waals surface area (Å²) in [4.78, 5) is 24.5. The highest BCUT2D eigenvalue weighted by molar-refractivity contribution is 8.01. The van der Waals surface area contributed by atoms with Crippen LogP contribution in [0.1, 0.15) is 10.4 Å². The van der Waals surface area contributed by atoms with Gasteiger partial charge in [0.1, 0.15) is 5.75 Å². The van der Waals surface area contributed by atoms with Crippen molar-refractivity contribution in [3.8, 4) is 5.75 Å². The van der Waals surface area contributed by atoms with Gasteiger partial charge < -0.3 is 10.1 Å². The number of methoxy groups -OCH3 is 1. The molecule has 3 rings (SSSR count). The van der Waals surface area contributed by atoms with Crippen LogP contribution in [0, 0.1) is 0 Å². The van der Waals surface area contributed by atoms with E-state index in [0.717, 1.165) is 11.3 Å². The summed E-state index contributed by atoms with van der Waals surface area (Å²) in [6.45, 7) is 0. The van der Waals surface area contributed by atoms with Gasteiger partial charge in [-0.1, -0.05) is 58.4 Å². The molecule has 0 aliphatic rings. The number of halogens is 2. The molecule has 0 unspecified atom stereocenters. The molecule has 0 atom stereocenters. The van der Waals surface area contributed by atoms with Crippen molar-refractivity contribution >= 4 is 68.9 Å². The van der Waals surface area contributed by atoms with Crippen molar-refractivity contribution in [2.45, 2.75) is 4.34 Å². The summed E-state index contributed by atoms with van der Waals surface area (Å²) >= 11 is 14.3. The number of benzene rings is 2. The number of carbonyl (C=O) groups is 2. The second-order valence-corrected chi connectivity index (χ2v) is 8.53. The van der Waals surface area contributed by atoms with Gasteiger partial charge in [-0.3, -0.25) is 14.9 Å². The van der Waals surface area contributed by atoms with Gasteiger partial charge in [-0.25, -0.2) is 0 Å². The molecule has 11 heteroatoms. The molecule has 2 amide bonds. The largest absolute Gasteiger partial charge is 0.495 e. The van der Waals surface area contributed by atoms with E-state index in [9.17, 15) is 9.59 Å². The molecule has 150 valence electrons. The fourth-order valence-electron chi connectivity index (χ4n) is 2.22. The van der Waals surface area contributed by atoms with E-state index in [4.69, 9.17) is 27.9 Å². The molecular formula is C18H14Cl2N4O3S2. The third kappa shape index (κ3) is 5.83. The third-order valence-corrected chi connectivity index (χ3v) is 6.04. The lowest BCUT2D eigenvalue weighted by Gasteiger charge is -2.08. The number of hydrogen-bond acceptors (Lipinski definition) is 7. The van der Waals surface area contributed by atoms with Gasteiger partial charge in [0.15, 0.2) is 4.34 Å². The molecule has 29 heavy (non-hydrogen) atoms. The molecule has 1 aromatic heterocycles. The molecular weight excluding hydrogens is 455 g/mol. The third-order valence-electron chi connectivity index (χ3n) is 3.51.